The molecule has 0 radical (unpaired) electrons. The van der Waals surface area contributed by atoms with Gasteiger partial charge in [0.15, 0.2) is 0 Å². The summed E-state index contributed by atoms with van der Waals surface area (Å²) in [4.78, 5) is 4.40. The molecule has 0 bridgehead atoms. The van der Waals surface area contributed by atoms with Gasteiger partial charge in [0.2, 0.25) is 0 Å². The molecule has 0 aromatic carbocycles. The molecular formula is C16H24N4O. The van der Waals surface area contributed by atoms with Gasteiger partial charge in [0.25, 0.3) is 0 Å². The Kier molecular flexibility index (Phi) is 5.75. The molecule has 2 aromatic heterocycles. The fourth-order valence-electron chi connectivity index (χ4n) is 2.01. The molecule has 0 aliphatic carbocycles. The first kappa shape index (κ1) is 15.5. The van der Waals surface area contributed by atoms with Gasteiger partial charge in [-0.05, 0) is 30.7 Å². The largest absolute Gasteiger partial charge is 0.492 e. The zero-order valence-corrected chi connectivity index (χ0v) is 13.0. The van der Waals surface area contributed by atoms with Crippen LogP contribution in [0.25, 0.3) is 0 Å². The molecule has 0 unspecified atom stereocenters. The van der Waals surface area contributed by atoms with E-state index in [-0.39, 0.29) is 0 Å². The first-order valence-corrected chi connectivity index (χ1v) is 7.40. The van der Waals surface area contributed by atoms with Gasteiger partial charge >= 0.3 is 0 Å². The average molecular weight is 288 g/mol. The van der Waals surface area contributed by atoms with Crippen molar-refractivity contribution in [3.05, 3.63) is 42.0 Å². The van der Waals surface area contributed by atoms with Crippen LogP contribution in [-0.4, -0.2) is 27.9 Å². The minimum atomic E-state index is 0.631. The molecule has 0 fully saturated rings. The molecule has 2 aromatic rings. The molecular weight excluding hydrogens is 264 g/mol. The van der Waals surface area contributed by atoms with E-state index in [1.807, 2.05) is 29.9 Å². The maximum Gasteiger partial charge on any atom is 0.137 e. The van der Waals surface area contributed by atoms with Gasteiger partial charge in [0.1, 0.15) is 5.75 Å². The lowest BCUT2D eigenvalue weighted by molar-refractivity contribution is 0.317. The molecule has 5 heteroatoms. The topological polar surface area (TPSA) is 52.0 Å². The van der Waals surface area contributed by atoms with Crippen molar-refractivity contribution in [3.8, 4) is 5.75 Å². The number of pyridine rings is 1. The summed E-state index contributed by atoms with van der Waals surface area (Å²) in [5.74, 6) is 1.46. The lowest BCUT2D eigenvalue weighted by Gasteiger charge is -2.08. The van der Waals surface area contributed by atoms with Crippen molar-refractivity contribution in [1.82, 2.24) is 20.1 Å². The van der Waals surface area contributed by atoms with E-state index in [0.717, 1.165) is 36.6 Å². The van der Waals surface area contributed by atoms with Crippen LogP contribution in [0.5, 0.6) is 5.75 Å². The van der Waals surface area contributed by atoms with Crippen molar-refractivity contribution >= 4 is 0 Å². The molecule has 114 valence electrons. The summed E-state index contributed by atoms with van der Waals surface area (Å²) in [6.07, 6.45) is 4.43. The Morgan fingerprint density at radius 1 is 1.29 bits per heavy atom. The summed E-state index contributed by atoms with van der Waals surface area (Å²) in [6, 6.07) is 5.99. The van der Waals surface area contributed by atoms with E-state index < -0.39 is 0 Å². The van der Waals surface area contributed by atoms with E-state index >= 15 is 0 Å². The molecule has 0 saturated heterocycles. The van der Waals surface area contributed by atoms with Gasteiger partial charge in [-0.15, -0.1) is 0 Å². The summed E-state index contributed by atoms with van der Waals surface area (Å²) < 4.78 is 7.57. The third-order valence-electron chi connectivity index (χ3n) is 3.21. The van der Waals surface area contributed by atoms with Crippen molar-refractivity contribution < 1.29 is 4.74 Å². The Balaban J connectivity index is 1.73. The lowest BCUT2D eigenvalue weighted by atomic mass is 10.2. The van der Waals surface area contributed by atoms with Crippen molar-refractivity contribution in [2.24, 2.45) is 13.0 Å². The molecule has 0 amide bonds. The second-order valence-corrected chi connectivity index (χ2v) is 5.55. The molecule has 2 rings (SSSR count). The van der Waals surface area contributed by atoms with Crippen LogP contribution < -0.4 is 10.1 Å². The summed E-state index contributed by atoms with van der Waals surface area (Å²) in [5.41, 5.74) is 2.20. The van der Waals surface area contributed by atoms with E-state index in [2.05, 4.69) is 29.2 Å². The molecule has 2 heterocycles. The van der Waals surface area contributed by atoms with Gasteiger partial charge in [-0.25, -0.2) is 0 Å². The van der Waals surface area contributed by atoms with Crippen LogP contribution in [0.2, 0.25) is 0 Å². The minimum absolute atomic E-state index is 0.631. The Bertz CT molecular complexity index is 533. The first-order chi connectivity index (χ1) is 10.1. The van der Waals surface area contributed by atoms with Crippen LogP contribution in [0, 0.1) is 5.92 Å². The Labute approximate surface area is 126 Å². The quantitative estimate of drug-likeness (QED) is 0.809. The van der Waals surface area contributed by atoms with Gasteiger partial charge in [0, 0.05) is 31.9 Å². The summed E-state index contributed by atoms with van der Waals surface area (Å²) in [7, 11) is 1.94. The van der Waals surface area contributed by atoms with E-state index in [0.29, 0.717) is 12.5 Å². The van der Waals surface area contributed by atoms with Crippen LogP contribution in [0.1, 0.15) is 25.2 Å². The number of aryl methyl sites for hydroxylation is 1. The Morgan fingerprint density at radius 3 is 2.76 bits per heavy atom. The first-order valence-electron chi connectivity index (χ1n) is 7.40. The van der Waals surface area contributed by atoms with Gasteiger partial charge in [-0.3, -0.25) is 9.67 Å². The number of nitrogens with one attached hydrogen (secondary N) is 1. The van der Waals surface area contributed by atoms with Crippen molar-refractivity contribution in [3.63, 3.8) is 0 Å². The van der Waals surface area contributed by atoms with Gasteiger partial charge in [-0.2, -0.15) is 5.10 Å². The zero-order valence-electron chi connectivity index (χ0n) is 13.0. The van der Waals surface area contributed by atoms with Gasteiger partial charge in [0.05, 0.1) is 18.5 Å². The Hall–Kier alpha value is -1.88. The zero-order chi connectivity index (χ0) is 15.1. The monoisotopic (exact) mass is 288 g/mol. The third kappa shape index (κ3) is 5.19. The van der Waals surface area contributed by atoms with Crippen LogP contribution >= 0.6 is 0 Å². The predicted molar refractivity (Wildman–Crippen MR) is 83.2 cm³/mol. The summed E-state index contributed by atoms with van der Waals surface area (Å²) in [5, 5.41) is 7.51. The number of aromatic nitrogens is 3. The highest BCUT2D eigenvalue weighted by Gasteiger charge is 2.01. The summed E-state index contributed by atoms with van der Waals surface area (Å²) >= 11 is 0. The number of rotatable bonds is 8. The third-order valence-corrected chi connectivity index (χ3v) is 3.21. The molecule has 1 N–H and O–H groups in total. The molecule has 0 saturated carbocycles. The highest BCUT2D eigenvalue weighted by atomic mass is 16.5. The lowest BCUT2D eigenvalue weighted by Crippen LogP contribution is -2.19. The summed E-state index contributed by atoms with van der Waals surface area (Å²) in [6.45, 7) is 6.82. The van der Waals surface area contributed by atoms with E-state index in [9.17, 15) is 0 Å². The van der Waals surface area contributed by atoms with Crippen molar-refractivity contribution in [1.29, 1.82) is 0 Å². The number of nitrogens with zero attached hydrogens (tertiary/aromatic N) is 3. The number of ether oxygens (including phenoxy) is 1. The van der Waals surface area contributed by atoms with E-state index in [1.54, 1.807) is 12.4 Å². The highest BCUT2D eigenvalue weighted by Crippen LogP contribution is 2.10. The second-order valence-electron chi connectivity index (χ2n) is 5.55. The van der Waals surface area contributed by atoms with E-state index in [4.69, 9.17) is 4.74 Å². The van der Waals surface area contributed by atoms with Crippen molar-refractivity contribution in [2.45, 2.75) is 26.8 Å². The maximum absolute atomic E-state index is 5.71. The molecule has 5 nitrogen and oxygen atoms in total. The number of hydrogen-bond acceptors (Lipinski definition) is 4. The van der Waals surface area contributed by atoms with Gasteiger partial charge in [-0.1, -0.05) is 13.8 Å². The molecule has 0 aliphatic rings. The molecule has 0 atom stereocenters. The van der Waals surface area contributed by atoms with Crippen molar-refractivity contribution in [2.75, 3.05) is 13.2 Å². The SMILES string of the molecule is CC(C)CNCc1ccc(OCCc2ccnn2C)cn1. The standard InChI is InChI=1S/C16H24N4O/c1-13(2)10-17-11-14-4-5-16(12-18-14)21-9-7-15-6-8-19-20(15)3/h4-6,8,12-13,17H,7,9-11H2,1-3H3. The second kappa shape index (κ2) is 7.78. The number of hydrogen-bond donors (Lipinski definition) is 1. The van der Waals surface area contributed by atoms with Crippen LogP contribution in [0.4, 0.5) is 0 Å². The fourth-order valence-corrected chi connectivity index (χ4v) is 2.01. The van der Waals surface area contributed by atoms with Gasteiger partial charge < -0.3 is 10.1 Å². The van der Waals surface area contributed by atoms with Crippen LogP contribution in [0.3, 0.4) is 0 Å². The molecule has 21 heavy (non-hydrogen) atoms. The maximum atomic E-state index is 5.71. The van der Waals surface area contributed by atoms with Crippen LogP contribution in [0.15, 0.2) is 30.6 Å². The predicted octanol–water partition coefficient (Wildman–Crippen LogP) is 2.18. The minimum Gasteiger partial charge on any atom is -0.492 e. The van der Waals surface area contributed by atoms with E-state index in [1.165, 1.54) is 0 Å². The van der Waals surface area contributed by atoms with Crippen LogP contribution in [-0.2, 0) is 20.0 Å². The Morgan fingerprint density at radius 2 is 2.14 bits per heavy atom. The normalized spacial score (nSPS) is 11.0. The smallest absolute Gasteiger partial charge is 0.137 e. The highest BCUT2D eigenvalue weighted by molar-refractivity contribution is 5.20. The fraction of sp³-hybridized carbons (Fsp3) is 0.500. The molecule has 0 spiro atoms. The average Bonchev–Trinajstić information content (AvgIpc) is 2.86. The molecule has 0 aliphatic heterocycles.